The van der Waals surface area contributed by atoms with Gasteiger partial charge in [-0.2, -0.15) is 5.26 Å². The van der Waals surface area contributed by atoms with E-state index in [2.05, 4.69) is 5.32 Å². The molecule has 1 amide bonds. The van der Waals surface area contributed by atoms with Crippen molar-refractivity contribution in [3.63, 3.8) is 0 Å². The molecule has 1 aromatic heterocycles. The van der Waals surface area contributed by atoms with E-state index >= 15 is 0 Å². The molecule has 23 heavy (non-hydrogen) atoms. The summed E-state index contributed by atoms with van der Waals surface area (Å²) < 4.78 is 5.03. The number of hydrogen-bond acceptors (Lipinski definition) is 5. The lowest BCUT2D eigenvalue weighted by Crippen LogP contribution is -2.20. The van der Waals surface area contributed by atoms with Gasteiger partial charge in [0.25, 0.3) is 5.91 Å². The Balaban J connectivity index is 1.88. The molecule has 0 aliphatic heterocycles. The monoisotopic (exact) mass is 328 g/mol. The first kappa shape index (κ1) is 16.7. The van der Waals surface area contributed by atoms with Crippen molar-refractivity contribution < 1.29 is 14.3 Å². The molecule has 0 saturated carbocycles. The summed E-state index contributed by atoms with van der Waals surface area (Å²) in [6.45, 7) is 3.62. The van der Waals surface area contributed by atoms with Crippen LogP contribution in [0.5, 0.6) is 0 Å². The summed E-state index contributed by atoms with van der Waals surface area (Å²) in [5, 5.41) is 11.3. The maximum Gasteiger partial charge on any atom is 0.348 e. The SMILES string of the molecule is CCc1sc(C(=O)OCC(=O)Nc2ccc(C#N)cc2)cc1C. The first-order valence-electron chi connectivity index (χ1n) is 7.10. The highest BCUT2D eigenvalue weighted by molar-refractivity contribution is 7.14. The molecule has 0 saturated heterocycles. The molecule has 2 aromatic rings. The first-order valence-corrected chi connectivity index (χ1v) is 7.91. The van der Waals surface area contributed by atoms with E-state index in [0.717, 1.165) is 16.9 Å². The Bertz CT molecular complexity index is 757. The second-order valence-corrected chi connectivity index (χ2v) is 6.02. The van der Waals surface area contributed by atoms with Crippen molar-refractivity contribution in [1.29, 1.82) is 5.26 Å². The molecule has 1 N–H and O–H groups in total. The van der Waals surface area contributed by atoms with Gasteiger partial charge < -0.3 is 10.1 Å². The van der Waals surface area contributed by atoms with Crippen LogP contribution in [-0.2, 0) is 16.0 Å². The van der Waals surface area contributed by atoms with Gasteiger partial charge in [-0.15, -0.1) is 11.3 Å². The highest BCUT2D eigenvalue weighted by Gasteiger charge is 2.14. The van der Waals surface area contributed by atoms with Crippen molar-refractivity contribution in [2.75, 3.05) is 11.9 Å². The number of amides is 1. The summed E-state index contributed by atoms with van der Waals surface area (Å²) in [5.41, 5.74) is 2.12. The predicted molar refractivity (Wildman–Crippen MR) is 88.5 cm³/mol. The van der Waals surface area contributed by atoms with E-state index in [4.69, 9.17) is 10.00 Å². The largest absolute Gasteiger partial charge is 0.451 e. The fourth-order valence-electron chi connectivity index (χ4n) is 2.00. The van der Waals surface area contributed by atoms with Crippen LogP contribution in [0.4, 0.5) is 5.69 Å². The van der Waals surface area contributed by atoms with Crippen LogP contribution in [0.1, 0.15) is 32.6 Å². The molecule has 2 rings (SSSR count). The van der Waals surface area contributed by atoms with E-state index in [-0.39, 0.29) is 6.61 Å². The maximum atomic E-state index is 11.9. The fraction of sp³-hybridized carbons (Fsp3) is 0.235. The summed E-state index contributed by atoms with van der Waals surface area (Å²) in [5.74, 6) is -0.917. The molecule has 0 atom stereocenters. The average Bonchev–Trinajstić information content (AvgIpc) is 2.94. The molecule has 1 aromatic carbocycles. The number of carbonyl (C=O) groups excluding carboxylic acids is 2. The second kappa shape index (κ2) is 7.56. The Morgan fingerprint density at radius 1 is 1.30 bits per heavy atom. The molecular formula is C17H16N2O3S. The van der Waals surface area contributed by atoms with Crippen LogP contribution in [0.3, 0.4) is 0 Å². The molecule has 5 nitrogen and oxygen atoms in total. The van der Waals surface area contributed by atoms with Crippen LogP contribution >= 0.6 is 11.3 Å². The minimum absolute atomic E-state index is 0.350. The zero-order valence-electron chi connectivity index (χ0n) is 12.9. The number of hydrogen-bond donors (Lipinski definition) is 1. The van der Waals surface area contributed by atoms with Gasteiger partial charge in [0.1, 0.15) is 4.88 Å². The standard InChI is InChI=1S/C17H16N2O3S/c1-3-14-11(2)8-15(23-14)17(21)22-10-16(20)19-13-6-4-12(9-18)5-7-13/h4-8H,3,10H2,1-2H3,(H,19,20). The van der Waals surface area contributed by atoms with Gasteiger partial charge in [0.05, 0.1) is 11.6 Å². The third kappa shape index (κ3) is 4.41. The minimum atomic E-state index is -0.493. The molecule has 0 fully saturated rings. The number of nitrogens with one attached hydrogen (secondary N) is 1. The normalized spacial score (nSPS) is 9.96. The van der Waals surface area contributed by atoms with Crippen molar-refractivity contribution in [2.45, 2.75) is 20.3 Å². The van der Waals surface area contributed by atoms with Crippen molar-refractivity contribution >= 4 is 28.9 Å². The highest BCUT2D eigenvalue weighted by Crippen LogP contribution is 2.23. The van der Waals surface area contributed by atoms with Gasteiger partial charge in [-0.3, -0.25) is 4.79 Å². The molecule has 0 aliphatic carbocycles. The van der Waals surface area contributed by atoms with Crippen LogP contribution < -0.4 is 5.32 Å². The summed E-state index contributed by atoms with van der Waals surface area (Å²) in [4.78, 5) is 25.4. The van der Waals surface area contributed by atoms with Gasteiger partial charge in [0, 0.05) is 10.6 Å². The van der Waals surface area contributed by atoms with E-state index < -0.39 is 11.9 Å². The summed E-state index contributed by atoms with van der Waals surface area (Å²) in [6.07, 6.45) is 0.864. The number of anilines is 1. The second-order valence-electron chi connectivity index (χ2n) is 4.88. The van der Waals surface area contributed by atoms with Crippen molar-refractivity contribution in [3.05, 3.63) is 51.2 Å². The maximum absolute atomic E-state index is 11.9. The van der Waals surface area contributed by atoms with Crippen LogP contribution in [0.15, 0.2) is 30.3 Å². The lowest BCUT2D eigenvalue weighted by Gasteiger charge is -2.05. The zero-order chi connectivity index (χ0) is 16.8. The van der Waals surface area contributed by atoms with E-state index in [0.29, 0.717) is 16.1 Å². The van der Waals surface area contributed by atoms with Crippen LogP contribution in [0, 0.1) is 18.3 Å². The van der Waals surface area contributed by atoms with Gasteiger partial charge in [-0.05, 0) is 49.2 Å². The number of rotatable bonds is 5. The molecule has 0 radical (unpaired) electrons. The topological polar surface area (TPSA) is 79.2 Å². The Kier molecular flexibility index (Phi) is 5.50. The summed E-state index contributed by atoms with van der Waals surface area (Å²) >= 11 is 1.39. The van der Waals surface area contributed by atoms with E-state index in [1.165, 1.54) is 11.3 Å². The number of carbonyl (C=O) groups is 2. The molecular weight excluding hydrogens is 312 g/mol. The summed E-state index contributed by atoms with van der Waals surface area (Å²) in [7, 11) is 0. The van der Waals surface area contributed by atoms with Crippen LogP contribution in [0.2, 0.25) is 0 Å². The lowest BCUT2D eigenvalue weighted by molar-refractivity contribution is -0.119. The van der Waals surface area contributed by atoms with Gasteiger partial charge in [-0.1, -0.05) is 6.92 Å². The van der Waals surface area contributed by atoms with Gasteiger partial charge >= 0.3 is 5.97 Å². The number of nitrogens with zero attached hydrogens (tertiary/aromatic N) is 1. The third-order valence-electron chi connectivity index (χ3n) is 3.17. The molecule has 0 aliphatic rings. The molecule has 1 heterocycles. The smallest absolute Gasteiger partial charge is 0.348 e. The van der Waals surface area contributed by atoms with Crippen molar-refractivity contribution in [2.24, 2.45) is 0 Å². The molecule has 0 spiro atoms. The molecule has 118 valence electrons. The number of thiophene rings is 1. The zero-order valence-corrected chi connectivity index (χ0v) is 13.7. The highest BCUT2D eigenvalue weighted by atomic mass is 32.1. The molecule has 0 bridgehead atoms. The Morgan fingerprint density at radius 2 is 2.00 bits per heavy atom. The number of ether oxygens (including phenoxy) is 1. The van der Waals surface area contributed by atoms with E-state index in [9.17, 15) is 9.59 Å². The van der Waals surface area contributed by atoms with Crippen LogP contribution in [-0.4, -0.2) is 18.5 Å². The third-order valence-corrected chi connectivity index (χ3v) is 4.54. The first-order chi connectivity index (χ1) is 11.0. The summed E-state index contributed by atoms with van der Waals surface area (Å²) in [6, 6.07) is 10.2. The predicted octanol–water partition coefficient (Wildman–Crippen LogP) is 3.29. The van der Waals surface area contributed by atoms with E-state index in [1.807, 2.05) is 19.9 Å². The number of aryl methyl sites for hydroxylation is 2. The molecule has 0 unspecified atom stereocenters. The van der Waals surface area contributed by atoms with Gasteiger partial charge in [0.15, 0.2) is 6.61 Å². The Labute approximate surface area is 138 Å². The van der Waals surface area contributed by atoms with Crippen molar-refractivity contribution in [3.8, 4) is 6.07 Å². The lowest BCUT2D eigenvalue weighted by atomic mass is 10.2. The van der Waals surface area contributed by atoms with Gasteiger partial charge in [-0.25, -0.2) is 4.79 Å². The molecule has 6 heteroatoms. The average molecular weight is 328 g/mol. The van der Waals surface area contributed by atoms with Crippen LogP contribution in [0.25, 0.3) is 0 Å². The number of benzene rings is 1. The van der Waals surface area contributed by atoms with E-state index in [1.54, 1.807) is 30.3 Å². The Morgan fingerprint density at radius 3 is 2.57 bits per heavy atom. The fourth-order valence-corrected chi connectivity index (χ4v) is 3.01. The minimum Gasteiger partial charge on any atom is -0.451 e. The number of esters is 1. The van der Waals surface area contributed by atoms with Crippen molar-refractivity contribution in [1.82, 2.24) is 0 Å². The number of nitriles is 1. The van der Waals surface area contributed by atoms with Gasteiger partial charge in [0.2, 0.25) is 0 Å². The Hall–Kier alpha value is -2.65. The quantitative estimate of drug-likeness (QED) is 0.854.